The molecule has 6 nitrogen and oxygen atoms in total. The maximum Gasteiger partial charge on any atom is 0.269 e. The van der Waals surface area contributed by atoms with Crippen LogP contribution in [-0.2, 0) is 17.0 Å². The summed E-state index contributed by atoms with van der Waals surface area (Å²) in [6, 6.07) is 15.0. The molecule has 0 atom stereocenters. The molecule has 0 aliphatic heterocycles. The van der Waals surface area contributed by atoms with Crippen molar-refractivity contribution < 1.29 is 14.0 Å². The Hall–Kier alpha value is -3.26. The number of hydrazine groups is 1. The van der Waals surface area contributed by atoms with Gasteiger partial charge in [0.05, 0.1) is 0 Å². The molecule has 160 valence electrons. The number of nitrogens with zero attached hydrogens (tertiary/aromatic N) is 2. The van der Waals surface area contributed by atoms with E-state index in [4.69, 9.17) is 0 Å². The summed E-state index contributed by atoms with van der Waals surface area (Å²) >= 11 is 1.53. The van der Waals surface area contributed by atoms with Crippen LogP contribution in [0.15, 0.2) is 59.8 Å². The van der Waals surface area contributed by atoms with Crippen molar-refractivity contribution >= 4 is 23.6 Å². The van der Waals surface area contributed by atoms with E-state index in [2.05, 4.69) is 20.8 Å². The Morgan fingerprint density at radius 2 is 1.52 bits per heavy atom. The first kappa shape index (κ1) is 22.4. The summed E-state index contributed by atoms with van der Waals surface area (Å²) in [6.07, 6.45) is 0.640. The highest BCUT2D eigenvalue weighted by molar-refractivity contribution is 7.98. The molecule has 8 heteroatoms. The van der Waals surface area contributed by atoms with Crippen LogP contribution in [0.3, 0.4) is 0 Å². The Morgan fingerprint density at radius 3 is 2.16 bits per heavy atom. The largest absolute Gasteiger partial charge is 0.273 e. The third-order valence-electron chi connectivity index (χ3n) is 4.42. The molecule has 0 bridgehead atoms. The topological polar surface area (TPSA) is 84.0 Å². The van der Waals surface area contributed by atoms with E-state index in [1.54, 1.807) is 24.3 Å². The fourth-order valence-electron chi connectivity index (χ4n) is 2.83. The molecule has 0 unspecified atom stereocenters. The van der Waals surface area contributed by atoms with Crippen molar-refractivity contribution in [3.05, 3.63) is 88.5 Å². The van der Waals surface area contributed by atoms with E-state index in [1.807, 2.05) is 32.0 Å². The number of amides is 2. The van der Waals surface area contributed by atoms with Crippen LogP contribution >= 0.6 is 11.8 Å². The van der Waals surface area contributed by atoms with Crippen LogP contribution in [-0.4, -0.2) is 21.8 Å². The van der Waals surface area contributed by atoms with Gasteiger partial charge >= 0.3 is 0 Å². The van der Waals surface area contributed by atoms with E-state index in [0.717, 1.165) is 27.7 Å². The molecule has 0 aliphatic carbocycles. The van der Waals surface area contributed by atoms with Crippen molar-refractivity contribution in [3.63, 3.8) is 0 Å². The lowest BCUT2D eigenvalue weighted by molar-refractivity contribution is -0.121. The van der Waals surface area contributed by atoms with E-state index in [1.165, 1.54) is 23.9 Å². The van der Waals surface area contributed by atoms with Crippen LogP contribution in [0.4, 0.5) is 4.39 Å². The minimum absolute atomic E-state index is 0.183. The lowest BCUT2D eigenvalue weighted by atomic mass is 10.1. The molecule has 0 saturated carbocycles. The number of benzene rings is 2. The zero-order valence-corrected chi connectivity index (χ0v) is 18.1. The first-order chi connectivity index (χ1) is 14.9. The van der Waals surface area contributed by atoms with E-state index in [-0.39, 0.29) is 18.1 Å². The van der Waals surface area contributed by atoms with Gasteiger partial charge in [-0.2, -0.15) is 0 Å². The van der Waals surface area contributed by atoms with Crippen LogP contribution in [0.2, 0.25) is 0 Å². The van der Waals surface area contributed by atoms with Gasteiger partial charge in [-0.05, 0) is 61.7 Å². The van der Waals surface area contributed by atoms with Crippen LogP contribution in [0.25, 0.3) is 0 Å². The second-order valence-electron chi connectivity index (χ2n) is 7.05. The summed E-state index contributed by atoms with van der Waals surface area (Å²) in [5, 5.41) is 0.725. The molecule has 2 amide bonds. The molecule has 1 heterocycles. The minimum atomic E-state index is -0.396. The second kappa shape index (κ2) is 10.7. The highest BCUT2D eigenvalue weighted by atomic mass is 32.2. The van der Waals surface area contributed by atoms with Gasteiger partial charge in [0.2, 0.25) is 5.91 Å². The molecule has 31 heavy (non-hydrogen) atoms. The van der Waals surface area contributed by atoms with Crippen LogP contribution in [0, 0.1) is 19.7 Å². The third kappa shape index (κ3) is 7.18. The maximum atomic E-state index is 12.9. The summed E-state index contributed by atoms with van der Waals surface area (Å²) < 4.78 is 12.9. The van der Waals surface area contributed by atoms with E-state index >= 15 is 0 Å². The number of carbonyl (C=O) groups is 2. The molecule has 0 aliphatic rings. The monoisotopic (exact) mass is 438 g/mol. The van der Waals surface area contributed by atoms with Crippen LogP contribution in [0.1, 0.15) is 39.3 Å². The van der Waals surface area contributed by atoms with Gasteiger partial charge in [-0.1, -0.05) is 36.0 Å². The van der Waals surface area contributed by atoms with Crippen LogP contribution < -0.4 is 10.9 Å². The number of carbonyl (C=O) groups excluding carboxylic acids is 2. The third-order valence-corrected chi connectivity index (χ3v) is 5.33. The van der Waals surface area contributed by atoms with Crippen LogP contribution in [0.5, 0.6) is 0 Å². The number of hydrogen-bond donors (Lipinski definition) is 2. The molecule has 0 fully saturated rings. The predicted octanol–water partition coefficient (Wildman–Crippen LogP) is 3.92. The number of thioether (sulfide) groups is 1. The molecule has 2 N–H and O–H groups in total. The Bertz CT molecular complexity index is 1040. The predicted molar refractivity (Wildman–Crippen MR) is 118 cm³/mol. The van der Waals surface area contributed by atoms with Gasteiger partial charge in [-0.15, -0.1) is 0 Å². The summed E-state index contributed by atoms with van der Waals surface area (Å²) in [6.45, 7) is 3.88. The van der Waals surface area contributed by atoms with Gasteiger partial charge < -0.3 is 0 Å². The fraction of sp³-hybridized carbons (Fsp3) is 0.217. The molecular formula is C23H23FN4O2S. The van der Waals surface area contributed by atoms with Gasteiger partial charge in [0.1, 0.15) is 5.82 Å². The molecular weight excluding hydrogens is 415 g/mol. The number of nitrogens with one attached hydrogen (secondary N) is 2. The number of aryl methyl sites for hydroxylation is 3. The Labute approximate surface area is 184 Å². The Balaban J connectivity index is 1.44. The summed E-state index contributed by atoms with van der Waals surface area (Å²) in [7, 11) is 0. The minimum Gasteiger partial charge on any atom is -0.273 e. The zero-order chi connectivity index (χ0) is 22.2. The number of hydrogen-bond acceptors (Lipinski definition) is 5. The number of aromatic nitrogens is 2. The van der Waals surface area contributed by atoms with Crippen molar-refractivity contribution in [1.82, 2.24) is 20.8 Å². The quantitative estimate of drug-likeness (QED) is 0.332. The Morgan fingerprint density at radius 1 is 0.903 bits per heavy atom. The normalized spacial score (nSPS) is 10.5. The molecule has 3 aromatic rings. The van der Waals surface area contributed by atoms with Crippen molar-refractivity contribution in [1.29, 1.82) is 0 Å². The van der Waals surface area contributed by atoms with Gasteiger partial charge in [-0.3, -0.25) is 20.4 Å². The van der Waals surface area contributed by atoms with Crippen molar-refractivity contribution in [2.75, 3.05) is 0 Å². The second-order valence-corrected chi connectivity index (χ2v) is 7.99. The zero-order valence-electron chi connectivity index (χ0n) is 17.3. The van der Waals surface area contributed by atoms with Gasteiger partial charge in [0, 0.05) is 29.1 Å². The summed E-state index contributed by atoms with van der Waals surface area (Å²) in [4.78, 5) is 33.0. The van der Waals surface area contributed by atoms with E-state index < -0.39 is 5.91 Å². The first-order valence-corrected chi connectivity index (χ1v) is 10.8. The highest BCUT2D eigenvalue weighted by Gasteiger charge is 2.09. The molecule has 0 spiro atoms. The smallest absolute Gasteiger partial charge is 0.269 e. The summed E-state index contributed by atoms with van der Waals surface area (Å²) in [5.41, 5.74) is 9.00. The maximum absolute atomic E-state index is 12.9. The standard InChI is InChI=1S/C23H23FN4O2S/c1-15-13-16(2)26-23(25-15)31-14-18-3-8-19(9-4-18)22(30)28-27-21(29)12-7-17-5-10-20(24)11-6-17/h3-6,8-11,13H,7,12,14H2,1-2H3,(H,27,29)(H,28,30). The summed E-state index contributed by atoms with van der Waals surface area (Å²) in [5.74, 6) is -0.347. The molecule has 0 radical (unpaired) electrons. The molecule has 2 aromatic carbocycles. The van der Waals surface area contributed by atoms with Gasteiger partial charge in [-0.25, -0.2) is 14.4 Å². The van der Waals surface area contributed by atoms with Gasteiger partial charge in [0.15, 0.2) is 5.16 Å². The lowest BCUT2D eigenvalue weighted by Gasteiger charge is -2.08. The molecule has 0 saturated heterocycles. The fourth-order valence-corrected chi connectivity index (χ4v) is 3.73. The SMILES string of the molecule is Cc1cc(C)nc(SCc2ccc(C(=O)NNC(=O)CCc3ccc(F)cc3)cc2)n1. The molecule has 1 aromatic heterocycles. The van der Waals surface area contributed by atoms with E-state index in [0.29, 0.717) is 17.7 Å². The Kier molecular flexibility index (Phi) is 7.72. The average Bonchev–Trinajstić information content (AvgIpc) is 2.75. The highest BCUT2D eigenvalue weighted by Crippen LogP contribution is 2.20. The first-order valence-electron chi connectivity index (χ1n) is 9.77. The van der Waals surface area contributed by atoms with E-state index in [9.17, 15) is 14.0 Å². The lowest BCUT2D eigenvalue weighted by Crippen LogP contribution is -2.41. The van der Waals surface area contributed by atoms with Crippen molar-refractivity contribution in [2.24, 2.45) is 0 Å². The van der Waals surface area contributed by atoms with Gasteiger partial charge in [0.25, 0.3) is 5.91 Å². The average molecular weight is 439 g/mol. The number of rotatable bonds is 7. The number of halogens is 1. The molecule has 3 rings (SSSR count). The van der Waals surface area contributed by atoms with Crippen molar-refractivity contribution in [3.8, 4) is 0 Å². The van der Waals surface area contributed by atoms with Crippen molar-refractivity contribution in [2.45, 2.75) is 37.6 Å².